The summed E-state index contributed by atoms with van der Waals surface area (Å²) >= 11 is 0. The topological polar surface area (TPSA) is 32.8 Å². The van der Waals surface area contributed by atoms with Gasteiger partial charge in [0.05, 0.1) is 6.61 Å². The third-order valence-electron chi connectivity index (χ3n) is 3.79. The molecule has 0 heterocycles. The van der Waals surface area contributed by atoms with Crippen LogP contribution in [0.5, 0.6) is 0 Å². The Morgan fingerprint density at radius 2 is 1.90 bits per heavy atom. The smallest absolute Gasteiger partial charge is 0.254 e. The summed E-state index contributed by atoms with van der Waals surface area (Å²) in [5.41, 5.74) is 1.78. The molecule has 0 fully saturated rings. The Hall–Kier alpha value is -1.55. The van der Waals surface area contributed by atoms with Crippen LogP contribution in [0.4, 0.5) is 5.69 Å². The number of anilines is 1. The van der Waals surface area contributed by atoms with Crippen LogP contribution in [0.1, 0.15) is 37.0 Å². The van der Waals surface area contributed by atoms with Crippen LogP contribution in [-0.4, -0.2) is 51.2 Å². The molecule has 118 valence electrons. The van der Waals surface area contributed by atoms with E-state index in [4.69, 9.17) is 4.74 Å². The number of benzene rings is 1. The van der Waals surface area contributed by atoms with E-state index in [1.165, 1.54) is 0 Å². The average Bonchev–Trinajstić information content (AvgIpc) is 2.51. The van der Waals surface area contributed by atoms with Crippen molar-refractivity contribution in [3.05, 3.63) is 29.8 Å². The summed E-state index contributed by atoms with van der Waals surface area (Å²) in [4.78, 5) is 16.8. The molecule has 0 spiro atoms. The second kappa shape index (κ2) is 8.67. The average molecular weight is 292 g/mol. The summed E-state index contributed by atoms with van der Waals surface area (Å²) in [6.45, 7) is 5.44. The molecule has 1 amide bonds. The fraction of sp³-hybridized carbons (Fsp3) is 0.588. The zero-order valence-electron chi connectivity index (χ0n) is 13.9. The van der Waals surface area contributed by atoms with Crippen molar-refractivity contribution >= 4 is 11.6 Å². The Morgan fingerprint density at radius 3 is 2.43 bits per heavy atom. The number of hydrogen-bond acceptors (Lipinski definition) is 3. The minimum Gasteiger partial charge on any atom is -0.383 e. The zero-order valence-corrected chi connectivity index (χ0v) is 13.9. The Morgan fingerprint density at radius 1 is 1.24 bits per heavy atom. The number of carbonyl (C=O) groups is 1. The second-order valence-corrected chi connectivity index (χ2v) is 5.41. The van der Waals surface area contributed by atoms with Crippen molar-refractivity contribution in [2.45, 2.75) is 32.7 Å². The monoisotopic (exact) mass is 292 g/mol. The van der Waals surface area contributed by atoms with Gasteiger partial charge in [-0.2, -0.15) is 0 Å². The first kappa shape index (κ1) is 17.5. The summed E-state index contributed by atoms with van der Waals surface area (Å²) < 4.78 is 5.16. The Bertz CT molecular complexity index is 442. The molecule has 4 nitrogen and oxygen atoms in total. The first-order valence-electron chi connectivity index (χ1n) is 7.62. The minimum atomic E-state index is 0.0875. The predicted molar refractivity (Wildman–Crippen MR) is 88.1 cm³/mol. The van der Waals surface area contributed by atoms with Gasteiger partial charge < -0.3 is 14.5 Å². The van der Waals surface area contributed by atoms with E-state index in [1.54, 1.807) is 7.11 Å². The summed E-state index contributed by atoms with van der Waals surface area (Å²) in [6, 6.07) is 8.04. The molecule has 0 saturated heterocycles. The van der Waals surface area contributed by atoms with E-state index in [0.29, 0.717) is 13.2 Å². The second-order valence-electron chi connectivity index (χ2n) is 5.41. The van der Waals surface area contributed by atoms with Crippen molar-refractivity contribution in [2.75, 3.05) is 39.3 Å². The van der Waals surface area contributed by atoms with E-state index >= 15 is 0 Å². The van der Waals surface area contributed by atoms with Crippen LogP contribution in [-0.2, 0) is 4.74 Å². The number of rotatable bonds is 8. The fourth-order valence-electron chi connectivity index (χ4n) is 2.45. The summed E-state index contributed by atoms with van der Waals surface area (Å²) in [5, 5.41) is 0. The van der Waals surface area contributed by atoms with Crippen molar-refractivity contribution < 1.29 is 9.53 Å². The fourth-order valence-corrected chi connectivity index (χ4v) is 2.45. The number of hydrogen-bond donors (Lipinski definition) is 0. The van der Waals surface area contributed by atoms with E-state index in [9.17, 15) is 4.79 Å². The van der Waals surface area contributed by atoms with Crippen molar-refractivity contribution in [1.82, 2.24) is 4.90 Å². The third-order valence-corrected chi connectivity index (χ3v) is 3.79. The lowest BCUT2D eigenvalue weighted by Crippen LogP contribution is -2.41. The maximum atomic E-state index is 12.8. The van der Waals surface area contributed by atoms with Gasteiger partial charge in [-0.05, 0) is 31.0 Å². The van der Waals surface area contributed by atoms with Gasteiger partial charge in [-0.15, -0.1) is 0 Å². The molecule has 1 aromatic carbocycles. The molecule has 0 N–H and O–H groups in total. The van der Waals surface area contributed by atoms with Gasteiger partial charge in [0, 0.05) is 45.0 Å². The molecule has 0 saturated carbocycles. The van der Waals surface area contributed by atoms with E-state index in [0.717, 1.165) is 24.1 Å². The highest BCUT2D eigenvalue weighted by Crippen LogP contribution is 2.18. The lowest BCUT2D eigenvalue weighted by molar-refractivity contribution is 0.0589. The lowest BCUT2D eigenvalue weighted by atomic mass is 10.1. The molecule has 0 unspecified atom stereocenters. The van der Waals surface area contributed by atoms with Crippen LogP contribution in [0.3, 0.4) is 0 Å². The highest BCUT2D eigenvalue weighted by Gasteiger charge is 2.22. The summed E-state index contributed by atoms with van der Waals surface area (Å²) in [6.07, 6.45) is 1.92. The zero-order chi connectivity index (χ0) is 15.8. The van der Waals surface area contributed by atoms with Gasteiger partial charge in [0.1, 0.15) is 0 Å². The molecule has 0 atom stereocenters. The van der Waals surface area contributed by atoms with Crippen LogP contribution >= 0.6 is 0 Å². The standard InChI is InChI=1S/C17H28N2O2/c1-6-15(7-2)19(11-12-21-5)17(20)14-9-8-10-16(13-14)18(3)4/h8-10,13,15H,6-7,11-12H2,1-5H3. The quantitative estimate of drug-likeness (QED) is 0.738. The normalized spacial score (nSPS) is 10.8. The van der Waals surface area contributed by atoms with Gasteiger partial charge in [0.25, 0.3) is 5.91 Å². The van der Waals surface area contributed by atoms with Crippen molar-refractivity contribution in [1.29, 1.82) is 0 Å². The molecule has 21 heavy (non-hydrogen) atoms. The van der Waals surface area contributed by atoms with Gasteiger partial charge >= 0.3 is 0 Å². The van der Waals surface area contributed by atoms with Crippen molar-refractivity contribution in [2.24, 2.45) is 0 Å². The molecule has 1 aromatic rings. The maximum Gasteiger partial charge on any atom is 0.254 e. The van der Waals surface area contributed by atoms with Gasteiger partial charge in [-0.25, -0.2) is 0 Å². The maximum absolute atomic E-state index is 12.8. The van der Waals surface area contributed by atoms with E-state index < -0.39 is 0 Å². The molecule has 1 rings (SSSR count). The lowest BCUT2D eigenvalue weighted by Gasteiger charge is -2.30. The molecule has 0 bridgehead atoms. The number of methoxy groups -OCH3 is 1. The number of amides is 1. The SMILES string of the molecule is CCC(CC)N(CCOC)C(=O)c1cccc(N(C)C)c1. The van der Waals surface area contributed by atoms with Crippen LogP contribution in [0.25, 0.3) is 0 Å². The molecule has 0 radical (unpaired) electrons. The van der Waals surface area contributed by atoms with Crippen LogP contribution < -0.4 is 4.90 Å². The molecule has 4 heteroatoms. The number of carbonyl (C=O) groups excluding carboxylic acids is 1. The van der Waals surface area contributed by atoms with Gasteiger partial charge in [-0.1, -0.05) is 19.9 Å². The molecule has 0 aromatic heterocycles. The highest BCUT2D eigenvalue weighted by atomic mass is 16.5. The van der Waals surface area contributed by atoms with Gasteiger partial charge in [-0.3, -0.25) is 4.79 Å². The first-order valence-corrected chi connectivity index (χ1v) is 7.62. The van der Waals surface area contributed by atoms with Crippen LogP contribution in [0.2, 0.25) is 0 Å². The molecule has 0 aliphatic rings. The molecule has 0 aliphatic heterocycles. The van der Waals surface area contributed by atoms with Crippen LogP contribution in [0, 0.1) is 0 Å². The Labute approximate surface area is 128 Å². The van der Waals surface area contributed by atoms with Gasteiger partial charge in [0.2, 0.25) is 0 Å². The third kappa shape index (κ3) is 4.74. The van der Waals surface area contributed by atoms with Crippen molar-refractivity contribution in [3.63, 3.8) is 0 Å². The first-order chi connectivity index (χ1) is 10.0. The Kier molecular flexibility index (Phi) is 7.23. The minimum absolute atomic E-state index is 0.0875. The van der Waals surface area contributed by atoms with E-state index in [1.807, 2.05) is 48.2 Å². The predicted octanol–water partition coefficient (Wildman–Crippen LogP) is 3.03. The molecule has 0 aliphatic carbocycles. The number of ether oxygens (including phenoxy) is 1. The largest absolute Gasteiger partial charge is 0.383 e. The highest BCUT2D eigenvalue weighted by molar-refractivity contribution is 5.95. The van der Waals surface area contributed by atoms with Gasteiger partial charge in [0.15, 0.2) is 0 Å². The van der Waals surface area contributed by atoms with Crippen LogP contribution in [0.15, 0.2) is 24.3 Å². The number of nitrogens with zero attached hydrogens (tertiary/aromatic N) is 2. The summed E-state index contributed by atoms with van der Waals surface area (Å²) in [5.74, 6) is 0.0875. The molecular formula is C17H28N2O2. The van der Waals surface area contributed by atoms with E-state index in [2.05, 4.69) is 13.8 Å². The van der Waals surface area contributed by atoms with E-state index in [-0.39, 0.29) is 11.9 Å². The molecular weight excluding hydrogens is 264 g/mol. The Balaban J connectivity index is 3.00. The van der Waals surface area contributed by atoms with Crippen molar-refractivity contribution in [3.8, 4) is 0 Å². The summed E-state index contributed by atoms with van der Waals surface area (Å²) in [7, 11) is 5.63.